The van der Waals surface area contributed by atoms with E-state index in [1.807, 2.05) is 11.8 Å². The fraction of sp³-hybridized carbons (Fsp3) is 0.800. The summed E-state index contributed by atoms with van der Waals surface area (Å²) < 4.78 is 0. The Bertz CT molecular complexity index is 267. The molecule has 0 aromatic rings. The van der Waals surface area contributed by atoms with E-state index in [0.717, 1.165) is 12.8 Å². The zero-order chi connectivity index (χ0) is 10.1. The van der Waals surface area contributed by atoms with Crippen molar-refractivity contribution in [3.8, 4) is 0 Å². The highest BCUT2D eigenvalue weighted by Crippen LogP contribution is 2.32. The minimum Gasteiger partial charge on any atom is -0.333 e. The molecule has 14 heavy (non-hydrogen) atoms. The van der Waals surface area contributed by atoms with Gasteiger partial charge in [-0.3, -0.25) is 9.59 Å². The first-order chi connectivity index (χ1) is 6.72. The highest BCUT2D eigenvalue weighted by atomic mass is 32.2. The quantitative estimate of drug-likeness (QED) is 0.644. The first kappa shape index (κ1) is 10.0. The van der Waals surface area contributed by atoms with Crippen molar-refractivity contribution in [3.63, 3.8) is 0 Å². The molecule has 1 aliphatic carbocycles. The van der Waals surface area contributed by atoms with Crippen LogP contribution in [0.4, 0.5) is 0 Å². The van der Waals surface area contributed by atoms with Gasteiger partial charge in [0.15, 0.2) is 0 Å². The fourth-order valence-corrected chi connectivity index (χ4v) is 3.14. The maximum absolute atomic E-state index is 11.5. The van der Waals surface area contributed by atoms with Crippen LogP contribution in [0.15, 0.2) is 0 Å². The molecule has 0 spiro atoms. The number of ketones is 1. The number of Topliss-reactive ketones (excluding diaryl/α,β-unsaturated/α-hetero) is 1. The SMILES string of the molecule is CSC1CCC(N2CCC(=O)C2=O)C1. The molecule has 0 radical (unpaired) electrons. The van der Waals surface area contributed by atoms with Crippen LogP contribution in [0.3, 0.4) is 0 Å². The molecular formula is C10H15NO2S. The van der Waals surface area contributed by atoms with Crippen LogP contribution in [0.5, 0.6) is 0 Å². The molecule has 1 amide bonds. The number of carbonyl (C=O) groups is 2. The Morgan fingerprint density at radius 3 is 2.64 bits per heavy atom. The second-order valence-electron chi connectivity index (χ2n) is 4.00. The Balaban J connectivity index is 1.97. The number of rotatable bonds is 2. The van der Waals surface area contributed by atoms with E-state index < -0.39 is 0 Å². The predicted octanol–water partition coefficient (Wildman–Crippen LogP) is 1.07. The van der Waals surface area contributed by atoms with E-state index in [2.05, 4.69) is 6.26 Å². The number of nitrogens with zero attached hydrogens (tertiary/aromatic N) is 1. The predicted molar refractivity (Wildman–Crippen MR) is 56.3 cm³/mol. The third kappa shape index (κ3) is 1.67. The lowest BCUT2D eigenvalue weighted by atomic mass is 10.2. The third-order valence-electron chi connectivity index (χ3n) is 3.21. The van der Waals surface area contributed by atoms with Gasteiger partial charge in [-0.25, -0.2) is 0 Å². The van der Waals surface area contributed by atoms with Crippen molar-refractivity contribution in [2.75, 3.05) is 12.8 Å². The monoisotopic (exact) mass is 213 g/mol. The number of hydrogen-bond acceptors (Lipinski definition) is 3. The normalized spacial score (nSPS) is 33.1. The van der Waals surface area contributed by atoms with Crippen LogP contribution < -0.4 is 0 Å². The van der Waals surface area contributed by atoms with Crippen molar-refractivity contribution in [2.24, 2.45) is 0 Å². The number of likely N-dealkylation sites (tertiary alicyclic amines) is 1. The molecule has 1 saturated carbocycles. The van der Waals surface area contributed by atoms with E-state index in [4.69, 9.17) is 0 Å². The summed E-state index contributed by atoms with van der Waals surface area (Å²) in [5.74, 6) is -0.436. The molecule has 2 aliphatic rings. The van der Waals surface area contributed by atoms with E-state index in [-0.39, 0.29) is 11.7 Å². The molecule has 4 heteroatoms. The first-order valence-electron chi connectivity index (χ1n) is 5.09. The Morgan fingerprint density at radius 2 is 2.14 bits per heavy atom. The zero-order valence-corrected chi connectivity index (χ0v) is 9.18. The first-order valence-corrected chi connectivity index (χ1v) is 6.37. The van der Waals surface area contributed by atoms with Crippen LogP contribution >= 0.6 is 11.8 Å². The van der Waals surface area contributed by atoms with Gasteiger partial charge in [0.2, 0.25) is 5.78 Å². The van der Waals surface area contributed by atoms with Gasteiger partial charge < -0.3 is 4.90 Å². The Labute approximate surface area is 88.2 Å². The van der Waals surface area contributed by atoms with Crippen LogP contribution in [0, 0.1) is 0 Å². The molecular weight excluding hydrogens is 198 g/mol. The summed E-state index contributed by atoms with van der Waals surface area (Å²) >= 11 is 1.87. The molecule has 0 aromatic carbocycles. The van der Waals surface area contributed by atoms with Gasteiger partial charge >= 0.3 is 0 Å². The summed E-state index contributed by atoms with van der Waals surface area (Å²) in [5, 5.41) is 0.684. The second-order valence-corrected chi connectivity index (χ2v) is 5.13. The van der Waals surface area contributed by atoms with Crippen LogP contribution in [0.2, 0.25) is 0 Å². The van der Waals surface area contributed by atoms with Crippen LogP contribution in [0.1, 0.15) is 25.7 Å². The average Bonchev–Trinajstić information content (AvgIpc) is 2.75. The Morgan fingerprint density at radius 1 is 1.36 bits per heavy atom. The molecule has 0 bridgehead atoms. The Kier molecular flexibility index (Phi) is 2.81. The minimum atomic E-state index is -0.239. The molecule has 2 fully saturated rings. The van der Waals surface area contributed by atoms with Crippen LogP contribution in [-0.4, -0.2) is 40.7 Å². The van der Waals surface area contributed by atoms with Gasteiger partial charge in [0.25, 0.3) is 5.91 Å². The molecule has 0 aromatic heterocycles. The molecule has 1 saturated heterocycles. The van der Waals surface area contributed by atoms with E-state index >= 15 is 0 Å². The molecule has 3 nitrogen and oxygen atoms in total. The number of amides is 1. The van der Waals surface area contributed by atoms with Gasteiger partial charge in [-0.15, -0.1) is 0 Å². The summed E-state index contributed by atoms with van der Waals surface area (Å²) in [6.45, 7) is 0.656. The Hall–Kier alpha value is -0.510. The number of carbonyl (C=O) groups excluding carboxylic acids is 2. The van der Waals surface area contributed by atoms with Gasteiger partial charge in [-0.05, 0) is 25.5 Å². The van der Waals surface area contributed by atoms with Crippen molar-refractivity contribution in [3.05, 3.63) is 0 Å². The standard InChI is InChI=1S/C10H15NO2S/c1-14-8-3-2-7(6-8)11-5-4-9(12)10(11)13/h7-8H,2-6H2,1H3. The van der Waals surface area contributed by atoms with Gasteiger partial charge in [-0.2, -0.15) is 11.8 Å². The van der Waals surface area contributed by atoms with Crippen molar-refractivity contribution in [2.45, 2.75) is 37.0 Å². The molecule has 1 aliphatic heterocycles. The lowest BCUT2D eigenvalue weighted by Gasteiger charge is -2.22. The van der Waals surface area contributed by atoms with Crippen molar-refractivity contribution in [1.82, 2.24) is 4.90 Å². The largest absolute Gasteiger partial charge is 0.333 e. The van der Waals surface area contributed by atoms with Gasteiger partial charge in [0.05, 0.1) is 0 Å². The molecule has 1 heterocycles. The summed E-state index contributed by atoms with van der Waals surface area (Å²) in [4.78, 5) is 24.3. The van der Waals surface area contributed by atoms with Gasteiger partial charge in [0, 0.05) is 24.3 Å². The topological polar surface area (TPSA) is 37.4 Å². The molecule has 0 N–H and O–H groups in total. The molecule has 2 rings (SSSR count). The lowest BCUT2D eigenvalue weighted by Crippen LogP contribution is -2.36. The lowest BCUT2D eigenvalue weighted by molar-refractivity contribution is -0.141. The van der Waals surface area contributed by atoms with Crippen molar-refractivity contribution < 1.29 is 9.59 Å². The molecule has 78 valence electrons. The van der Waals surface area contributed by atoms with E-state index in [9.17, 15) is 9.59 Å². The highest BCUT2D eigenvalue weighted by Gasteiger charge is 2.37. The van der Waals surface area contributed by atoms with Crippen LogP contribution in [-0.2, 0) is 9.59 Å². The zero-order valence-electron chi connectivity index (χ0n) is 8.36. The van der Waals surface area contributed by atoms with Crippen LogP contribution in [0.25, 0.3) is 0 Å². The highest BCUT2D eigenvalue weighted by molar-refractivity contribution is 7.99. The fourth-order valence-electron chi connectivity index (χ4n) is 2.35. The maximum Gasteiger partial charge on any atom is 0.290 e. The molecule has 2 unspecified atom stereocenters. The maximum atomic E-state index is 11.5. The van der Waals surface area contributed by atoms with Crippen molar-refractivity contribution >= 4 is 23.5 Å². The summed E-state index contributed by atoms with van der Waals surface area (Å²) in [5.41, 5.74) is 0. The summed E-state index contributed by atoms with van der Waals surface area (Å²) in [6.07, 6.45) is 5.87. The average molecular weight is 213 g/mol. The third-order valence-corrected chi connectivity index (χ3v) is 4.30. The van der Waals surface area contributed by atoms with Gasteiger partial charge in [0.1, 0.15) is 0 Å². The number of thioether (sulfide) groups is 1. The summed E-state index contributed by atoms with van der Waals surface area (Å²) in [7, 11) is 0. The minimum absolute atomic E-state index is 0.197. The smallest absolute Gasteiger partial charge is 0.290 e. The molecule has 2 atom stereocenters. The van der Waals surface area contributed by atoms with Gasteiger partial charge in [-0.1, -0.05) is 0 Å². The van der Waals surface area contributed by atoms with E-state index in [0.29, 0.717) is 24.3 Å². The number of hydrogen-bond donors (Lipinski definition) is 0. The van der Waals surface area contributed by atoms with Crippen molar-refractivity contribution in [1.29, 1.82) is 0 Å². The summed E-state index contributed by atoms with van der Waals surface area (Å²) in [6, 6.07) is 0.339. The second kappa shape index (κ2) is 3.93. The van der Waals surface area contributed by atoms with E-state index in [1.165, 1.54) is 6.42 Å². The van der Waals surface area contributed by atoms with E-state index in [1.54, 1.807) is 4.90 Å².